The third kappa shape index (κ3) is 7.43. The van der Waals surface area contributed by atoms with Crippen molar-refractivity contribution in [2.75, 3.05) is 20.1 Å². The molecule has 1 aliphatic heterocycles. The van der Waals surface area contributed by atoms with Gasteiger partial charge in [0.2, 0.25) is 0 Å². The zero-order valence-electron chi connectivity index (χ0n) is 15.7. The van der Waals surface area contributed by atoms with E-state index in [1.807, 2.05) is 7.05 Å². The largest absolute Gasteiger partial charge is 0.354 e. The summed E-state index contributed by atoms with van der Waals surface area (Å²) in [6.45, 7) is 4.07. The van der Waals surface area contributed by atoms with Gasteiger partial charge in [-0.1, -0.05) is 58.4 Å². The lowest BCUT2D eigenvalue weighted by molar-refractivity contribution is 0.198. The highest BCUT2D eigenvalue weighted by Crippen LogP contribution is 2.14. The quantitative estimate of drug-likeness (QED) is 0.334. The Morgan fingerprint density at radius 3 is 2.33 bits per heavy atom. The van der Waals surface area contributed by atoms with E-state index in [0.29, 0.717) is 6.04 Å². The van der Waals surface area contributed by atoms with Gasteiger partial charge in [-0.05, 0) is 36.1 Å². The van der Waals surface area contributed by atoms with E-state index in [1.54, 1.807) is 0 Å². The number of nitrogens with zero attached hydrogens (tertiary/aromatic N) is 2. The van der Waals surface area contributed by atoms with Gasteiger partial charge in [0, 0.05) is 43.7 Å². The second-order valence-electron chi connectivity index (χ2n) is 6.73. The standard InChI is InChI=1S/C21H27BrN4.HI/c1-23-21(24-15-17-7-9-19(22)10-8-17)25-20-11-13-26(14-12-20)16-18-5-3-2-4-6-18;/h2-10,20H,11-16H2,1H3,(H2,23,24,25);1H. The zero-order chi connectivity index (χ0) is 18.2. The first kappa shape index (κ1) is 22.2. The Bertz CT molecular complexity index is 698. The van der Waals surface area contributed by atoms with Crippen LogP contribution >= 0.6 is 39.9 Å². The molecule has 0 aliphatic carbocycles. The van der Waals surface area contributed by atoms with Crippen LogP contribution in [0, 0.1) is 0 Å². The minimum atomic E-state index is 0. The van der Waals surface area contributed by atoms with Gasteiger partial charge in [0.15, 0.2) is 5.96 Å². The summed E-state index contributed by atoms with van der Waals surface area (Å²) in [5, 5.41) is 6.99. The van der Waals surface area contributed by atoms with Gasteiger partial charge in [0.25, 0.3) is 0 Å². The van der Waals surface area contributed by atoms with Gasteiger partial charge in [-0.25, -0.2) is 0 Å². The molecule has 3 rings (SSSR count). The fraction of sp³-hybridized carbons (Fsp3) is 0.381. The highest BCUT2D eigenvalue weighted by molar-refractivity contribution is 14.0. The average Bonchev–Trinajstić information content (AvgIpc) is 2.68. The van der Waals surface area contributed by atoms with E-state index in [0.717, 1.165) is 49.5 Å². The van der Waals surface area contributed by atoms with Crippen molar-refractivity contribution in [1.29, 1.82) is 0 Å². The smallest absolute Gasteiger partial charge is 0.191 e. The summed E-state index contributed by atoms with van der Waals surface area (Å²) < 4.78 is 1.10. The van der Waals surface area contributed by atoms with Crippen molar-refractivity contribution in [1.82, 2.24) is 15.5 Å². The third-order valence-corrected chi connectivity index (χ3v) is 5.30. The van der Waals surface area contributed by atoms with Crippen LogP contribution in [0.1, 0.15) is 24.0 Å². The van der Waals surface area contributed by atoms with Gasteiger partial charge >= 0.3 is 0 Å². The van der Waals surface area contributed by atoms with Crippen molar-refractivity contribution in [3.05, 3.63) is 70.2 Å². The maximum absolute atomic E-state index is 4.37. The number of nitrogens with one attached hydrogen (secondary N) is 2. The Morgan fingerprint density at radius 1 is 1.04 bits per heavy atom. The van der Waals surface area contributed by atoms with Gasteiger partial charge in [-0.2, -0.15) is 0 Å². The van der Waals surface area contributed by atoms with Crippen LogP contribution in [0.15, 0.2) is 64.1 Å². The Hall–Kier alpha value is -1.12. The number of hydrogen-bond donors (Lipinski definition) is 2. The number of rotatable bonds is 5. The van der Waals surface area contributed by atoms with Crippen LogP contribution in [0.4, 0.5) is 0 Å². The molecule has 1 aliphatic rings. The van der Waals surface area contributed by atoms with Crippen LogP contribution < -0.4 is 10.6 Å². The number of benzene rings is 2. The van der Waals surface area contributed by atoms with E-state index in [2.05, 4.69) is 91.1 Å². The molecule has 0 bridgehead atoms. The minimum Gasteiger partial charge on any atom is -0.354 e. The SMILES string of the molecule is CN=C(NCc1ccc(Br)cc1)NC1CCN(Cc2ccccc2)CC1.I. The Labute approximate surface area is 188 Å². The molecule has 146 valence electrons. The van der Waals surface area contributed by atoms with Crippen molar-refractivity contribution < 1.29 is 0 Å². The van der Waals surface area contributed by atoms with Crippen LogP contribution in [0.2, 0.25) is 0 Å². The first-order valence-electron chi connectivity index (χ1n) is 9.21. The fourth-order valence-corrected chi connectivity index (χ4v) is 3.52. The van der Waals surface area contributed by atoms with Crippen LogP contribution in [0.3, 0.4) is 0 Å². The summed E-state index contributed by atoms with van der Waals surface area (Å²) in [6, 6.07) is 19.6. The molecule has 1 saturated heterocycles. The predicted molar refractivity (Wildman–Crippen MR) is 128 cm³/mol. The fourth-order valence-electron chi connectivity index (χ4n) is 3.25. The van der Waals surface area contributed by atoms with Crippen LogP contribution in [0.25, 0.3) is 0 Å². The first-order chi connectivity index (χ1) is 12.7. The van der Waals surface area contributed by atoms with Gasteiger partial charge in [-0.3, -0.25) is 9.89 Å². The summed E-state index contributed by atoms with van der Waals surface area (Å²) >= 11 is 3.47. The molecule has 27 heavy (non-hydrogen) atoms. The molecule has 0 saturated carbocycles. The highest BCUT2D eigenvalue weighted by Gasteiger charge is 2.19. The average molecular weight is 543 g/mol. The van der Waals surface area contributed by atoms with Crippen LogP contribution in [-0.2, 0) is 13.1 Å². The lowest BCUT2D eigenvalue weighted by Crippen LogP contribution is -2.48. The van der Waals surface area contributed by atoms with E-state index in [9.17, 15) is 0 Å². The van der Waals surface area contributed by atoms with E-state index in [-0.39, 0.29) is 24.0 Å². The van der Waals surface area contributed by atoms with Gasteiger partial charge in [0.1, 0.15) is 0 Å². The monoisotopic (exact) mass is 542 g/mol. The van der Waals surface area contributed by atoms with Crippen LogP contribution in [0.5, 0.6) is 0 Å². The van der Waals surface area contributed by atoms with Crippen molar-refractivity contribution in [2.24, 2.45) is 4.99 Å². The molecule has 1 heterocycles. The number of aliphatic imine (C=N–C) groups is 1. The molecule has 0 amide bonds. The molecule has 1 fully saturated rings. The second kappa shape index (κ2) is 11.7. The highest BCUT2D eigenvalue weighted by atomic mass is 127. The molecule has 6 heteroatoms. The lowest BCUT2D eigenvalue weighted by Gasteiger charge is -2.33. The zero-order valence-corrected chi connectivity index (χ0v) is 19.6. The van der Waals surface area contributed by atoms with E-state index < -0.39 is 0 Å². The predicted octanol–water partition coefficient (Wildman–Crippen LogP) is 4.40. The maximum Gasteiger partial charge on any atom is 0.191 e. The third-order valence-electron chi connectivity index (χ3n) is 4.77. The molecule has 2 aromatic carbocycles. The van der Waals surface area contributed by atoms with Crippen molar-refractivity contribution in [2.45, 2.75) is 32.0 Å². The summed E-state index contributed by atoms with van der Waals surface area (Å²) in [5.74, 6) is 0.884. The maximum atomic E-state index is 4.37. The van der Waals surface area contributed by atoms with Gasteiger partial charge in [-0.15, -0.1) is 24.0 Å². The minimum absolute atomic E-state index is 0. The normalized spacial score (nSPS) is 15.9. The van der Waals surface area contributed by atoms with E-state index in [1.165, 1.54) is 11.1 Å². The molecule has 2 N–H and O–H groups in total. The molecule has 0 aromatic heterocycles. The first-order valence-corrected chi connectivity index (χ1v) is 10.00. The number of likely N-dealkylation sites (tertiary alicyclic amines) is 1. The number of guanidine groups is 1. The van der Waals surface area contributed by atoms with Gasteiger partial charge < -0.3 is 10.6 Å². The summed E-state index contributed by atoms with van der Waals surface area (Å²) in [4.78, 5) is 6.91. The molecule has 4 nitrogen and oxygen atoms in total. The molecule has 0 atom stereocenters. The number of halogens is 2. The summed E-state index contributed by atoms with van der Waals surface area (Å²) in [6.07, 6.45) is 2.29. The Kier molecular flexibility index (Phi) is 9.58. The van der Waals surface area contributed by atoms with Crippen molar-refractivity contribution in [3.63, 3.8) is 0 Å². The molecule has 0 spiro atoms. The number of hydrogen-bond acceptors (Lipinski definition) is 2. The van der Waals surface area contributed by atoms with Crippen molar-refractivity contribution in [3.8, 4) is 0 Å². The lowest BCUT2D eigenvalue weighted by atomic mass is 10.0. The Morgan fingerprint density at radius 2 is 1.70 bits per heavy atom. The molecule has 0 unspecified atom stereocenters. The number of piperidine rings is 1. The summed E-state index contributed by atoms with van der Waals surface area (Å²) in [7, 11) is 1.83. The topological polar surface area (TPSA) is 39.7 Å². The molecule has 0 radical (unpaired) electrons. The van der Waals surface area contributed by atoms with E-state index >= 15 is 0 Å². The Balaban J connectivity index is 0.00000261. The summed E-state index contributed by atoms with van der Waals surface area (Å²) in [5.41, 5.74) is 2.64. The second-order valence-corrected chi connectivity index (χ2v) is 7.65. The van der Waals surface area contributed by atoms with Crippen molar-refractivity contribution >= 4 is 45.9 Å². The van der Waals surface area contributed by atoms with Gasteiger partial charge in [0.05, 0.1) is 0 Å². The van der Waals surface area contributed by atoms with E-state index in [4.69, 9.17) is 0 Å². The molecular formula is C21H28BrIN4. The molecule has 2 aromatic rings. The van der Waals surface area contributed by atoms with Crippen LogP contribution in [-0.4, -0.2) is 37.0 Å². The molecular weight excluding hydrogens is 515 g/mol.